The van der Waals surface area contributed by atoms with Gasteiger partial charge in [0.25, 0.3) is 0 Å². The number of benzene rings is 2. The lowest BCUT2D eigenvalue weighted by atomic mass is 10.3. The van der Waals surface area contributed by atoms with Gasteiger partial charge in [-0.05, 0) is 42.5 Å². The number of halogens is 2. The van der Waals surface area contributed by atoms with Crippen LogP contribution in [0.4, 0.5) is 11.5 Å². The summed E-state index contributed by atoms with van der Waals surface area (Å²) in [5, 5.41) is 9.64. The molecule has 4 rings (SSSR count). The van der Waals surface area contributed by atoms with Crippen molar-refractivity contribution in [3.8, 4) is 11.4 Å². The highest BCUT2D eigenvalue weighted by molar-refractivity contribution is 6.32. The van der Waals surface area contributed by atoms with Crippen LogP contribution in [0.25, 0.3) is 16.7 Å². The molecule has 0 fully saturated rings. The predicted molar refractivity (Wildman–Crippen MR) is 103 cm³/mol. The first-order valence-electron chi connectivity index (χ1n) is 7.71. The van der Waals surface area contributed by atoms with Crippen LogP contribution in [0.5, 0.6) is 5.75 Å². The summed E-state index contributed by atoms with van der Waals surface area (Å²) in [4.78, 5) is 8.68. The third kappa shape index (κ3) is 3.05. The molecule has 1 N–H and O–H groups in total. The van der Waals surface area contributed by atoms with E-state index in [1.165, 1.54) is 6.33 Å². The fraction of sp³-hybridized carbons (Fsp3) is 0.0556. The van der Waals surface area contributed by atoms with Gasteiger partial charge in [-0.25, -0.2) is 14.6 Å². The van der Waals surface area contributed by atoms with Gasteiger partial charge in [-0.1, -0.05) is 23.2 Å². The number of aromatic nitrogens is 4. The lowest BCUT2D eigenvalue weighted by Crippen LogP contribution is -1.99. The van der Waals surface area contributed by atoms with Crippen LogP contribution in [0.3, 0.4) is 0 Å². The Balaban J connectivity index is 1.73. The van der Waals surface area contributed by atoms with Gasteiger partial charge >= 0.3 is 0 Å². The van der Waals surface area contributed by atoms with Crippen LogP contribution in [0.2, 0.25) is 10.0 Å². The van der Waals surface area contributed by atoms with Crippen LogP contribution >= 0.6 is 23.2 Å². The summed E-state index contributed by atoms with van der Waals surface area (Å²) in [5.74, 6) is 1.25. The number of nitrogens with zero attached hydrogens (tertiary/aromatic N) is 4. The first kappa shape index (κ1) is 16.6. The van der Waals surface area contributed by atoms with E-state index in [1.807, 2.05) is 30.3 Å². The molecule has 0 aliphatic heterocycles. The number of fused-ring (bicyclic) bond motifs is 1. The molecule has 0 radical (unpaired) electrons. The summed E-state index contributed by atoms with van der Waals surface area (Å²) in [6.07, 6.45) is 3.21. The Labute approximate surface area is 159 Å². The topological polar surface area (TPSA) is 64.9 Å². The third-order valence-corrected chi connectivity index (χ3v) is 4.40. The zero-order chi connectivity index (χ0) is 18.1. The minimum Gasteiger partial charge on any atom is -0.495 e. The van der Waals surface area contributed by atoms with Gasteiger partial charge in [0.05, 0.1) is 29.4 Å². The van der Waals surface area contributed by atoms with Crippen LogP contribution in [0.15, 0.2) is 55.0 Å². The summed E-state index contributed by atoms with van der Waals surface area (Å²) in [7, 11) is 1.58. The van der Waals surface area contributed by atoms with E-state index in [2.05, 4.69) is 20.4 Å². The maximum absolute atomic E-state index is 6.19. The van der Waals surface area contributed by atoms with Gasteiger partial charge in [-0.2, -0.15) is 5.10 Å². The molecule has 0 bridgehead atoms. The molecule has 8 heteroatoms. The molecule has 6 nitrogen and oxygen atoms in total. The number of ether oxygens (including phenoxy) is 1. The van der Waals surface area contributed by atoms with Crippen molar-refractivity contribution in [1.29, 1.82) is 0 Å². The highest BCUT2D eigenvalue weighted by Gasteiger charge is 2.12. The van der Waals surface area contributed by atoms with Crippen LogP contribution < -0.4 is 10.1 Å². The van der Waals surface area contributed by atoms with Gasteiger partial charge < -0.3 is 10.1 Å². The molecule has 0 spiro atoms. The fourth-order valence-electron chi connectivity index (χ4n) is 2.60. The highest BCUT2D eigenvalue weighted by Crippen LogP contribution is 2.30. The second-order valence-corrected chi connectivity index (χ2v) is 6.31. The minimum absolute atomic E-state index is 0.514. The molecule has 2 aromatic heterocycles. The fourth-order valence-corrected chi connectivity index (χ4v) is 2.98. The van der Waals surface area contributed by atoms with E-state index in [-0.39, 0.29) is 0 Å². The molecule has 4 aromatic rings. The summed E-state index contributed by atoms with van der Waals surface area (Å²) >= 11 is 12.1. The molecule has 130 valence electrons. The number of nitrogens with one attached hydrogen (secondary N) is 1. The Morgan fingerprint density at radius 3 is 2.58 bits per heavy atom. The van der Waals surface area contributed by atoms with Crippen molar-refractivity contribution < 1.29 is 4.74 Å². The Hall–Kier alpha value is -2.83. The zero-order valence-electron chi connectivity index (χ0n) is 13.6. The number of hydrogen-bond acceptors (Lipinski definition) is 5. The smallest absolute Gasteiger partial charge is 0.168 e. The largest absolute Gasteiger partial charge is 0.495 e. The lowest BCUT2D eigenvalue weighted by molar-refractivity contribution is 0.415. The molecular formula is C18H13Cl2N5O. The van der Waals surface area contributed by atoms with E-state index in [4.69, 9.17) is 27.9 Å². The van der Waals surface area contributed by atoms with Gasteiger partial charge in [0.15, 0.2) is 5.65 Å². The van der Waals surface area contributed by atoms with E-state index in [1.54, 1.807) is 30.1 Å². The maximum atomic E-state index is 6.19. The monoisotopic (exact) mass is 385 g/mol. The Morgan fingerprint density at radius 1 is 1.04 bits per heavy atom. The molecule has 0 aliphatic carbocycles. The van der Waals surface area contributed by atoms with Crippen LogP contribution in [-0.4, -0.2) is 26.9 Å². The standard InChI is InChI=1S/C18H13Cl2N5O/c1-26-16-7-4-12(8-15(16)20)24-17-14-9-23-25(18(14)22-10-21-17)13-5-2-11(19)3-6-13/h2-10H,1H3,(H,21,22,24). The second-order valence-electron chi connectivity index (χ2n) is 5.47. The van der Waals surface area contributed by atoms with E-state index in [9.17, 15) is 0 Å². The third-order valence-electron chi connectivity index (χ3n) is 3.85. The first-order chi connectivity index (χ1) is 12.7. The normalized spacial score (nSPS) is 10.9. The second kappa shape index (κ2) is 6.82. The summed E-state index contributed by atoms with van der Waals surface area (Å²) in [5.41, 5.74) is 2.33. The molecule has 0 saturated carbocycles. The Morgan fingerprint density at radius 2 is 1.85 bits per heavy atom. The SMILES string of the molecule is COc1ccc(Nc2ncnc3c2cnn3-c2ccc(Cl)cc2)cc1Cl. The molecule has 0 saturated heterocycles. The molecule has 0 amide bonds. The highest BCUT2D eigenvalue weighted by atomic mass is 35.5. The van der Waals surface area contributed by atoms with E-state index in [0.717, 1.165) is 16.8 Å². The Kier molecular flexibility index (Phi) is 4.36. The van der Waals surface area contributed by atoms with Gasteiger partial charge in [-0.15, -0.1) is 0 Å². The van der Waals surface area contributed by atoms with Crippen molar-refractivity contribution in [2.45, 2.75) is 0 Å². The summed E-state index contributed by atoms with van der Waals surface area (Å²) in [6.45, 7) is 0. The number of rotatable bonds is 4. The van der Waals surface area contributed by atoms with Crippen molar-refractivity contribution in [3.05, 3.63) is 65.0 Å². The van der Waals surface area contributed by atoms with Crippen molar-refractivity contribution >= 4 is 45.7 Å². The summed E-state index contributed by atoms with van der Waals surface area (Å²) in [6, 6.07) is 12.8. The predicted octanol–water partition coefficient (Wildman–Crippen LogP) is 4.87. The molecule has 2 aromatic carbocycles. The average molecular weight is 386 g/mol. The minimum atomic E-state index is 0.514. The van der Waals surface area contributed by atoms with Gasteiger partial charge in [0, 0.05) is 10.7 Å². The van der Waals surface area contributed by atoms with Crippen LogP contribution in [0, 0.1) is 0 Å². The number of hydrogen-bond donors (Lipinski definition) is 1. The van der Waals surface area contributed by atoms with Crippen LogP contribution in [-0.2, 0) is 0 Å². The van der Waals surface area contributed by atoms with E-state index in [0.29, 0.717) is 27.3 Å². The van der Waals surface area contributed by atoms with Crippen molar-refractivity contribution in [2.24, 2.45) is 0 Å². The maximum Gasteiger partial charge on any atom is 0.168 e. The summed E-state index contributed by atoms with van der Waals surface area (Å²) < 4.78 is 6.91. The molecular weight excluding hydrogens is 373 g/mol. The Bertz CT molecular complexity index is 1080. The van der Waals surface area contributed by atoms with Crippen molar-refractivity contribution in [2.75, 3.05) is 12.4 Å². The quantitative estimate of drug-likeness (QED) is 0.542. The lowest BCUT2D eigenvalue weighted by Gasteiger charge is -2.09. The zero-order valence-corrected chi connectivity index (χ0v) is 15.2. The number of methoxy groups -OCH3 is 1. The molecule has 0 aliphatic rings. The molecule has 26 heavy (non-hydrogen) atoms. The van der Waals surface area contributed by atoms with Gasteiger partial charge in [-0.3, -0.25) is 0 Å². The van der Waals surface area contributed by atoms with Gasteiger partial charge in [0.1, 0.15) is 17.9 Å². The molecule has 2 heterocycles. The molecule has 0 unspecified atom stereocenters. The van der Waals surface area contributed by atoms with Crippen molar-refractivity contribution in [3.63, 3.8) is 0 Å². The first-order valence-corrected chi connectivity index (χ1v) is 8.46. The van der Waals surface area contributed by atoms with Crippen molar-refractivity contribution in [1.82, 2.24) is 19.7 Å². The molecule has 0 atom stereocenters. The van der Waals surface area contributed by atoms with Crippen LogP contribution in [0.1, 0.15) is 0 Å². The average Bonchev–Trinajstić information content (AvgIpc) is 3.08. The van der Waals surface area contributed by atoms with E-state index < -0.39 is 0 Å². The van der Waals surface area contributed by atoms with Gasteiger partial charge in [0.2, 0.25) is 0 Å². The number of anilines is 2. The van der Waals surface area contributed by atoms with E-state index >= 15 is 0 Å².